The number of ether oxygens (including phenoxy) is 3. The fourth-order valence-electron chi connectivity index (χ4n) is 1.85. The van der Waals surface area contributed by atoms with Crippen molar-refractivity contribution in [1.82, 2.24) is 0 Å². The highest BCUT2D eigenvalue weighted by atomic mass is 19.1. The molecule has 0 aliphatic heterocycles. The van der Waals surface area contributed by atoms with Crippen molar-refractivity contribution in [3.05, 3.63) is 17.4 Å². The zero-order chi connectivity index (χ0) is 13.9. The maximum Gasteiger partial charge on any atom is 0.169 e. The second-order valence-corrected chi connectivity index (χ2v) is 4.77. The van der Waals surface area contributed by atoms with E-state index in [2.05, 4.69) is 0 Å². The normalized spacial score (nSPS) is 11.3. The Balaban J connectivity index is 3.45. The van der Waals surface area contributed by atoms with Gasteiger partial charge in [0.2, 0.25) is 0 Å². The first-order valence-electron chi connectivity index (χ1n) is 5.60. The molecule has 1 aromatic carbocycles. The molecule has 1 aromatic rings. The van der Waals surface area contributed by atoms with E-state index in [4.69, 9.17) is 19.9 Å². The average molecular weight is 257 g/mol. The van der Waals surface area contributed by atoms with Gasteiger partial charge in [0.15, 0.2) is 23.1 Å². The molecule has 1 rings (SSSR count). The molecule has 2 N–H and O–H groups in total. The number of hydrogen-bond donors (Lipinski definition) is 1. The molecule has 0 unspecified atom stereocenters. The Bertz CT molecular complexity index is 427. The van der Waals surface area contributed by atoms with Gasteiger partial charge in [-0.2, -0.15) is 0 Å². The van der Waals surface area contributed by atoms with Gasteiger partial charge in [-0.3, -0.25) is 0 Å². The van der Waals surface area contributed by atoms with Crippen LogP contribution in [-0.4, -0.2) is 26.9 Å². The maximum atomic E-state index is 13.9. The first-order valence-corrected chi connectivity index (χ1v) is 5.60. The van der Waals surface area contributed by atoms with Crippen molar-refractivity contribution in [3.8, 4) is 17.2 Å². The summed E-state index contributed by atoms with van der Waals surface area (Å²) >= 11 is 0. The van der Waals surface area contributed by atoms with Crippen LogP contribution in [0.5, 0.6) is 17.2 Å². The number of hydrogen-bond acceptors (Lipinski definition) is 4. The maximum absolute atomic E-state index is 13.9. The summed E-state index contributed by atoms with van der Waals surface area (Å²) in [6.45, 7) is 3.70. The molecule has 0 aliphatic carbocycles. The van der Waals surface area contributed by atoms with Crippen LogP contribution >= 0.6 is 0 Å². The van der Waals surface area contributed by atoms with Crippen LogP contribution in [0.1, 0.15) is 19.4 Å². The number of benzene rings is 1. The molecule has 0 fully saturated rings. The van der Waals surface area contributed by atoms with Crippen LogP contribution in [0.4, 0.5) is 4.39 Å². The molecule has 0 saturated heterocycles. The van der Waals surface area contributed by atoms with Gasteiger partial charge in [0.25, 0.3) is 0 Å². The van der Waals surface area contributed by atoms with Gasteiger partial charge in [-0.15, -0.1) is 0 Å². The Kier molecular flexibility index (Phi) is 4.40. The highest BCUT2D eigenvalue weighted by Crippen LogP contribution is 2.40. The van der Waals surface area contributed by atoms with Crippen LogP contribution in [0.25, 0.3) is 0 Å². The second-order valence-electron chi connectivity index (χ2n) is 4.77. The lowest BCUT2D eigenvalue weighted by Gasteiger charge is -2.23. The van der Waals surface area contributed by atoms with Crippen molar-refractivity contribution in [1.29, 1.82) is 0 Å². The van der Waals surface area contributed by atoms with E-state index in [9.17, 15) is 4.39 Å². The quantitative estimate of drug-likeness (QED) is 0.878. The average Bonchev–Trinajstić information content (AvgIpc) is 2.26. The Morgan fingerprint density at radius 2 is 1.67 bits per heavy atom. The van der Waals surface area contributed by atoms with Crippen molar-refractivity contribution in [2.45, 2.75) is 25.8 Å². The molecule has 0 atom stereocenters. The summed E-state index contributed by atoms with van der Waals surface area (Å²) < 4.78 is 29.4. The molecule has 0 amide bonds. The van der Waals surface area contributed by atoms with Crippen molar-refractivity contribution in [2.24, 2.45) is 5.73 Å². The van der Waals surface area contributed by atoms with Crippen molar-refractivity contribution >= 4 is 0 Å². The van der Waals surface area contributed by atoms with Crippen LogP contribution in [0.2, 0.25) is 0 Å². The van der Waals surface area contributed by atoms with Gasteiger partial charge in [-0.1, -0.05) is 0 Å². The first-order chi connectivity index (χ1) is 8.34. The molecule has 0 saturated carbocycles. The minimum atomic E-state index is -0.515. The molecule has 0 bridgehead atoms. The predicted octanol–water partition coefficient (Wildman–Crippen LogP) is 2.13. The Morgan fingerprint density at radius 1 is 1.11 bits per heavy atom. The topological polar surface area (TPSA) is 53.7 Å². The minimum absolute atomic E-state index is 0.145. The SMILES string of the molecule is COc1cc(F)c(OC)c(CC(C)(C)N)c1OC. The van der Waals surface area contributed by atoms with Crippen molar-refractivity contribution < 1.29 is 18.6 Å². The summed E-state index contributed by atoms with van der Waals surface area (Å²) in [6, 6.07) is 1.24. The van der Waals surface area contributed by atoms with Crippen LogP contribution in [0, 0.1) is 5.82 Å². The highest BCUT2D eigenvalue weighted by molar-refractivity contribution is 5.55. The number of halogens is 1. The fourth-order valence-corrected chi connectivity index (χ4v) is 1.85. The molecule has 0 spiro atoms. The second kappa shape index (κ2) is 5.44. The molecule has 5 heteroatoms. The van der Waals surface area contributed by atoms with E-state index >= 15 is 0 Å². The zero-order valence-corrected chi connectivity index (χ0v) is 11.5. The smallest absolute Gasteiger partial charge is 0.169 e. The zero-order valence-electron chi connectivity index (χ0n) is 11.5. The van der Waals surface area contributed by atoms with Gasteiger partial charge in [0.1, 0.15) is 0 Å². The summed E-state index contributed by atoms with van der Waals surface area (Å²) in [5, 5.41) is 0. The van der Waals surface area contributed by atoms with Crippen molar-refractivity contribution in [3.63, 3.8) is 0 Å². The Morgan fingerprint density at radius 3 is 2.06 bits per heavy atom. The largest absolute Gasteiger partial charge is 0.493 e. The summed E-state index contributed by atoms with van der Waals surface area (Å²) in [5.41, 5.74) is 6.04. The van der Waals surface area contributed by atoms with Gasteiger partial charge >= 0.3 is 0 Å². The van der Waals surface area contributed by atoms with E-state index in [1.807, 2.05) is 13.8 Å². The van der Waals surface area contributed by atoms with Crippen LogP contribution in [0.3, 0.4) is 0 Å². The van der Waals surface area contributed by atoms with Crippen molar-refractivity contribution in [2.75, 3.05) is 21.3 Å². The number of methoxy groups -OCH3 is 3. The molecule has 0 aliphatic rings. The van der Waals surface area contributed by atoms with E-state index in [-0.39, 0.29) is 5.75 Å². The monoisotopic (exact) mass is 257 g/mol. The molecule has 102 valence electrons. The van der Waals surface area contributed by atoms with Gasteiger partial charge in [0.05, 0.1) is 21.3 Å². The first kappa shape index (κ1) is 14.6. The van der Waals surface area contributed by atoms with Gasteiger partial charge in [-0.05, 0) is 20.3 Å². The fraction of sp³-hybridized carbons (Fsp3) is 0.538. The molecular formula is C13H20FNO3. The molecular weight excluding hydrogens is 237 g/mol. The lowest BCUT2D eigenvalue weighted by molar-refractivity contribution is 0.328. The van der Waals surface area contributed by atoms with Crippen LogP contribution in [0.15, 0.2) is 6.07 Å². The van der Waals surface area contributed by atoms with E-state index < -0.39 is 11.4 Å². The lowest BCUT2D eigenvalue weighted by atomic mass is 9.94. The predicted molar refractivity (Wildman–Crippen MR) is 68.0 cm³/mol. The summed E-state index contributed by atoms with van der Waals surface area (Å²) in [6.07, 6.45) is 0.410. The Labute approximate surface area is 107 Å². The number of rotatable bonds is 5. The minimum Gasteiger partial charge on any atom is -0.493 e. The van der Waals surface area contributed by atoms with E-state index in [1.165, 1.54) is 27.4 Å². The third kappa shape index (κ3) is 3.04. The van der Waals surface area contributed by atoms with E-state index in [0.29, 0.717) is 23.5 Å². The third-order valence-corrected chi connectivity index (χ3v) is 2.51. The Hall–Kier alpha value is -1.49. The molecule has 18 heavy (non-hydrogen) atoms. The highest BCUT2D eigenvalue weighted by Gasteiger charge is 2.25. The molecule has 4 nitrogen and oxygen atoms in total. The molecule has 0 aromatic heterocycles. The summed E-state index contributed by atoms with van der Waals surface area (Å²) in [5.74, 6) is 0.435. The van der Waals surface area contributed by atoms with E-state index in [0.717, 1.165) is 0 Å². The van der Waals surface area contributed by atoms with Gasteiger partial charge in [0, 0.05) is 17.2 Å². The molecule has 0 radical (unpaired) electrons. The lowest BCUT2D eigenvalue weighted by Crippen LogP contribution is -2.34. The standard InChI is InChI=1S/C13H20FNO3/c1-13(2,15)7-8-11(17-4)9(14)6-10(16-3)12(8)18-5/h6H,7,15H2,1-5H3. The molecule has 0 heterocycles. The van der Waals surface area contributed by atoms with Gasteiger partial charge in [-0.25, -0.2) is 4.39 Å². The van der Waals surface area contributed by atoms with Gasteiger partial charge < -0.3 is 19.9 Å². The summed E-state index contributed by atoms with van der Waals surface area (Å²) in [7, 11) is 4.38. The third-order valence-electron chi connectivity index (χ3n) is 2.51. The summed E-state index contributed by atoms with van der Waals surface area (Å²) in [4.78, 5) is 0. The van der Waals surface area contributed by atoms with Crippen LogP contribution in [-0.2, 0) is 6.42 Å². The number of nitrogens with two attached hydrogens (primary N) is 1. The van der Waals surface area contributed by atoms with Crippen LogP contribution < -0.4 is 19.9 Å². The van der Waals surface area contributed by atoms with E-state index in [1.54, 1.807) is 0 Å².